The van der Waals surface area contributed by atoms with Crippen LogP contribution in [0.3, 0.4) is 0 Å². The lowest BCUT2D eigenvalue weighted by molar-refractivity contribution is -0.530. The molecule has 2 unspecified atom stereocenters. The van der Waals surface area contributed by atoms with E-state index in [1.807, 2.05) is 60.8 Å². The fourth-order valence-corrected chi connectivity index (χ4v) is 5.97. The molecule has 6 nitrogen and oxygen atoms in total. The minimum atomic E-state index is -2.34. The summed E-state index contributed by atoms with van der Waals surface area (Å²) in [7, 11) is -2.34. The highest BCUT2D eigenvalue weighted by Crippen LogP contribution is 2.43. The van der Waals surface area contributed by atoms with Crippen LogP contribution in [0.15, 0.2) is 104 Å². The van der Waals surface area contributed by atoms with Crippen LogP contribution >= 0.6 is 0 Å². The first-order valence-electron chi connectivity index (χ1n) is 13.0. The molecule has 0 amide bonds. The summed E-state index contributed by atoms with van der Waals surface area (Å²) in [6.07, 6.45) is 2.95. The maximum atomic E-state index is 12.0. The predicted octanol–water partition coefficient (Wildman–Crippen LogP) is 7.45. The Morgan fingerprint density at radius 2 is 1.26 bits per heavy atom. The maximum absolute atomic E-state index is 12.0. The van der Waals surface area contributed by atoms with Gasteiger partial charge in [-0.1, -0.05) is 112 Å². The van der Waals surface area contributed by atoms with E-state index in [-0.39, 0.29) is 9.96 Å². The third-order valence-electron chi connectivity index (χ3n) is 7.85. The molecule has 2 atom stereocenters. The van der Waals surface area contributed by atoms with Crippen molar-refractivity contribution in [2.24, 2.45) is 0 Å². The second kappa shape index (κ2) is 10.7. The molecule has 0 saturated carbocycles. The van der Waals surface area contributed by atoms with Crippen molar-refractivity contribution in [1.82, 2.24) is 9.55 Å². The lowest BCUT2D eigenvalue weighted by Gasteiger charge is -2.39. The first kappa shape index (κ1) is 27.5. The van der Waals surface area contributed by atoms with E-state index in [4.69, 9.17) is 9.41 Å². The van der Waals surface area contributed by atoms with Crippen molar-refractivity contribution in [3.63, 3.8) is 0 Å². The molecule has 4 rings (SSSR count). The van der Waals surface area contributed by atoms with E-state index in [0.717, 1.165) is 16.7 Å². The lowest BCUT2D eigenvalue weighted by Crippen LogP contribution is -2.44. The fourth-order valence-electron chi connectivity index (χ4n) is 4.66. The summed E-state index contributed by atoms with van der Waals surface area (Å²) >= 11 is 0. The fraction of sp³-hybridized carbons (Fsp3) is 0.323. The van der Waals surface area contributed by atoms with Gasteiger partial charge in [0.25, 0.3) is 0 Å². The molecule has 1 heterocycles. The molecule has 7 heteroatoms. The van der Waals surface area contributed by atoms with Crippen LogP contribution in [0.4, 0.5) is 0 Å². The monoisotopic (exact) mass is 527 g/mol. The molecule has 198 valence electrons. The molecular weight excluding hydrogens is 490 g/mol. The molecule has 0 N–H and O–H groups in total. The van der Waals surface area contributed by atoms with Gasteiger partial charge in [0.2, 0.25) is 6.04 Å². The Labute approximate surface area is 226 Å². The van der Waals surface area contributed by atoms with Gasteiger partial charge in [-0.05, 0) is 34.8 Å². The Kier molecular flexibility index (Phi) is 7.72. The molecule has 3 aromatic carbocycles. The lowest BCUT2D eigenvalue weighted by atomic mass is 9.77. The molecule has 0 fully saturated rings. The van der Waals surface area contributed by atoms with Crippen molar-refractivity contribution in [1.29, 1.82) is 0 Å². The number of hydrogen-bond acceptors (Lipinski definition) is 4. The highest BCUT2D eigenvalue weighted by molar-refractivity contribution is 6.74. The van der Waals surface area contributed by atoms with E-state index in [1.165, 1.54) is 0 Å². The highest BCUT2D eigenvalue weighted by Gasteiger charge is 2.45. The Morgan fingerprint density at radius 3 is 1.63 bits per heavy atom. The van der Waals surface area contributed by atoms with Crippen LogP contribution < -0.4 is 0 Å². The van der Waals surface area contributed by atoms with Crippen molar-refractivity contribution in [3.05, 3.63) is 136 Å². The number of nitro groups is 1. The van der Waals surface area contributed by atoms with Crippen LogP contribution in [0.5, 0.6) is 0 Å². The number of nitrogens with zero attached hydrogens (tertiary/aromatic N) is 3. The average molecular weight is 528 g/mol. The zero-order chi connectivity index (χ0) is 27.6. The molecule has 0 radical (unpaired) electrons. The van der Waals surface area contributed by atoms with E-state index < -0.39 is 26.0 Å². The van der Waals surface area contributed by atoms with E-state index in [1.54, 1.807) is 13.3 Å². The van der Waals surface area contributed by atoms with Crippen molar-refractivity contribution < 1.29 is 9.35 Å². The molecule has 0 bridgehead atoms. The van der Waals surface area contributed by atoms with Crippen molar-refractivity contribution in [3.8, 4) is 0 Å². The number of rotatable bonds is 9. The molecule has 0 saturated heterocycles. The molecule has 1 aromatic heterocycles. The summed E-state index contributed by atoms with van der Waals surface area (Å²) in [5.74, 6) is 0. The highest BCUT2D eigenvalue weighted by atomic mass is 28.4. The smallest absolute Gasteiger partial charge is 0.240 e. The van der Waals surface area contributed by atoms with Gasteiger partial charge < -0.3 is 8.99 Å². The van der Waals surface area contributed by atoms with Gasteiger partial charge in [0.15, 0.2) is 14.4 Å². The second-order valence-electron chi connectivity index (χ2n) is 11.3. The third-order valence-corrected chi connectivity index (χ3v) is 12.3. The summed E-state index contributed by atoms with van der Waals surface area (Å²) in [4.78, 5) is 16.5. The van der Waals surface area contributed by atoms with Gasteiger partial charge in [0.05, 0.1) is 12.0 Å². The number of aromatic nitrogens is 2. The zero-order valence-corrected chi connectivity index (χ0v) is 24.0. The summed E-state index contributed by atoms with van der Waals surface area (Å²) in [6, 6.07) is 30.0. The largest absolute Gasteiger partial charge is 0.402 e. The van der Waals surface area contributed by atoms with Crippen molar-refractivity contribution in [2.75, 3.05) is 0 Å². The summed E-state index contributed by atoms with van der Waals surface area (Å²) in [5.41, 5.74) is 3.00. The predicted molar refractivity (Wildman–Crippen MR) is 154 cm³/mol. The normalized spacial score (nSPS) is 14.2. The van der Waals surface area contributed by atoms with E-state index >= 15 is 0 Å². The SMILES string of the molecule is CC(C(O[Si](C)(C)C(C)(C)C)c1cn(C(c2ccccc2)(c2ccccc2)c2ccccc2)cn1)[N+](=O)[O-]. The van der Waals surface area contributed by atoms with Gasteiger partial charge in [-0.3, -0.25) is 10.1 Å². The number of imidazole rings is 1. The molecular formula is C31H37N3O3Si. The first-order valence-corrected chi connectivity index (χ1v) is 15.9. The Hall–Kier alpha value is -3.55. The van der Waals surface area contributed by atoms with Crippen LogP contribution in [0, 0.1) is 10.1 Å². The van der Waals surface area contributed by atoms with Crippen LogP contribution in [0.25, 0.3) is 0 Å². The number of benzene rings is 3. The minimum Gasteiger partial charge on any atom is -0.402 e. The zero-order valence-electron chi connectivity index (χ0n) is 23.0. The van der Waals surface area contributed by atoms with Gasteiger partial charge in [-0.25, -0.2) is 4.98 Å². The van der Waals surface area contributed by atoms with E-state index in [0.29, 0.717) is 5.69 Å². The van der Waals surface area contributed by atoms with Gasteiger partial charge in [-0.2, -0.15) is 0 Å². The Morgan fingerprint density at radius 1 is 0.842 bits per heavy atom. The topological polar surface area (TPSA) is 70.2 Å². The van der Waals surface area contributed by atoms with Crippen LogP contribution in [0.2, 0.25) is 18.1 Å². The molecule has 0 aliphatic carbocycles. The van der Waals surface area contributed by atoms with Gasteiger partial charge in [0, 0.05) is 18.0 Å². The van der Waals surface area contributed by atoms with Crippen LogP contribution in [0.1, 0.15) is 56.2 Å². The van der Waals surface area contributed by atoms with Crippen LogP contribution in [-0.4, -0.2) is 28.8 Å². The van der Waals surface area contributed by atoms with Crippen molar-refractivity contribution >= 4 is 8.32 Å². The summed E-state index contributed by atoms with van der Waals surface area (Å²) < 4.78 is 8.76. The Balaban J connectivity index is 1.96. The minimum absolute atomic E-state index is 0.105. The third kappa shape index (κ3) is 5.08. The maximum Gasteiger partial charge on any atom is 0.240 e. The van der Waals surface area contributed by atoms with Gasteiger partial charge >= 0.3 is 0 Å². The molecule has 0 spiro atoms. The van der Waals surface area contributed by atoms with Gasteiger partial charge in [-0.15, -0.1) is 0 Å². The van der Waals surface area contributed by atoms with Crippen molar-refractivity contribution in [2.45, 2.75) is 63.5 Å². The Bertz CT molecular complexity index is 1250. The second-order valence-corrected chi connectivity index (χ2v) is 16.1. The molecule has 4 aromatic rings. The quantitative estimate of drug-likeness (QED) is 0.0981. The van der Waals surface area contributed by atoms with E-state index in [9.17, 15) is 10.1 Å². The number of hydrogen-bond donors (Lipinski definition) is 0. The first-order chi connectivity index (χ1) is 18.0. The van der Waals surface area contributed by atoms with E-state index in [2.05, 4.69) is 74.8 Å². The average Bonchev–Trinajstić information content (AvgIpc) is 3.39. The molecule has 0 aliphatic heterocycles. The summed E-state index contributed by atoms with van der Waals surface area (Å²) in [5, 5.41) is 11.9. The van der Waals surface area contributed by atoms with Crippen LogP contribution in [-0.2, 0) is 9.96 Å². The summed E-state index contributed by atoms with van der Waals surface area (Å²) in [6.45, 7) is 12.2. The standard InChI is InChI=1S/C31H37N3O3Si/c1-24(34(35)36)29(37-38(5,6)30(2,3)4)28-22-33(23-32-28)31(25-16-10-7-11-17-25,26-18-12-8-13-19-26)27-20-14-9-15-21-27/h7-24,29H,1-6H3. The van der Waals surface area contributed by atoms with Gasteiger partial charge in [0.1, 0.15) is 5.54 Å². The molecule has 0 aliphatic rings. The molecule has 38 heavy (non-hydrogen) atoms.